The van der Waals surface area contributed by atoms with E-state index in [-0.39, 0.29) is 33.8 Å². The number of aliphatic hydroxyl groups is 4. The number of hydrogen-bond donors (Lipinski definition) is 14. The first kappa shape index (κ1) is 85.7. The fourth-order valence-corrected chi connectivity index (χ4v) is 14.3. The van der Waals surface area contributed by atoms with Gasteiger partial charge in [-0.15, -0.1) is 0 Å². The van der Waals surface area contributed by atoms with Gasteiger partial charge in [0, 0.05) is 122 Å². The summed E-state index contributed by atoms with van der Waals surface area (Å²) in [5, 5.41) is 130. The molecular formula is C79H98N6O26. The number of phenolic OH excluding ortho intramolecular Hbond substituents is 6. The molecule has 0 saturated heterocycles. The molecule has 32 nitrogen and oxygen atoms in total. The molecule has 14 N–H and O–H groups in total. The quantitative estimate of drug-likeness (QED) is 0.0180. The lowest BCUT2D eigenvalue weighted by atomic mass is 9.78. The Morgan fingerprint density at radius 1 is 0.495 bits per heavy atom. The number of phenols is 6. The Morgan fingerprint density at radius 3 is 1.16 bits per heavy atom. The van der Waals surface area contributed by atoms with Gasteiger partial charge in [-0.05, 0) is 39.8 Å². The van der Waals surface area contributed by atoms with Crippen molar-refractivity contribution in [1.82, 2.24) is 10.9 Å². The van der Waals surface area contributed by atoms with Gasteiger partial charge in [0.25, 0.3) is 23.4 Å². The van der Waals surface area contributed by atoms with Crippen molar-refractivity contribution in [2.45, 2.75) is 178 Å². The lowest BCUT2D eigenvalue weighted by Crippen LogP contribution is -2.46. The molecule has 18 atom stereocenters. The third kappa shape index (κ3) is 17.2. The Morgan fingerprint density at radius 2 is 0.838 bits per heavy atom. The van der Waals surface area contributed by atoms with E-state index in [2.05, 4.69) is 31.7 Å². The SMILES string of the molecule is CO[C@H]1/C=C\O[C@@]2(C)Oc3c(C)c(O)c4c(O)c(c(/C=N/NC(=O)CC(=O)N/N=C/c5c6c(O)c7c(O)c(C)c8c(c7c5O)C(=O)[C@@](C)(O/C=C/[C@H](OC)[C@@H](C)[C@@H](OC(C)=O)[C@H](C)[C@H](O)[C@H](C)[C@@H](O)[C@@H](C)/C=C/C=C(/C)C(=O)N6)O8)c(O)c4c3C2=O)NC(=O)/C(C)=C/C=C\[C@H](C)[C@H](O)[C@@H](C)[C@@H](O)[C@@H](C)[C@H](OC(C)=O)[C@@H]1C. The maximum absolute atomic E-state index is 14.8. The minimum absolute atomic E-state index is 0.0502. The maximum atomic E-state index is 14.8. The number of Topliss-reactive ketones (excluding diaryl/α,β-unsaturated/α-hetero) is 2. The largest absolute Gasteiger partial charge is 0.507 e. The van der Waals surface area contributed by atoms with E-state index in [1.165, 1.54) is 106 Å². The van der Waals surface area contributed by atoms with Gasteiger partial charge in [-0.2, -0.15) is 10.2 Å². The number of methoxy groups -OCH3 is 2. The Bertz CT molecular complexity index is 4350. The van der Waals surface area contributed by atoms with Crippen molar-refractivity contribution < 1.29 is 127 Å². The first-order valence-electron chi connectivity index (χ1n) is 35.8. The van der Waals surface area contributed by atoms with Gasteiger partial charge in [0.05, 0.1) is 106 Å². The number of nitrogens with one attached hydrogen (secondary N) is 4. The van der Waals surface area contributed by atoms with Gasteiger partial charge < -0.3 is 99.6 Å². The number of esters is 2. The lowest BCUT2D eigenvalue weighted by molar-refractivity contribution is -0.161. The summed E-state index contributed by atoms with van der Waals surface area (Å²) < 4.78 is 47.3. The third-order valence-corrected chi connectivity index (χ3v) is 21.2. The highest BCUT2D eigenvalue weighted by Crippen LogP contribution is 2.57. The summed E-state index contributed by atoms with van der Waals surface area (Å²) in [4.78, 5) is 110. The van der Waals surface area contributed by atoms with Crippen molar-refractivity contribution in [2.75, 3.05) is 24.9 Å². The predicted octanol–water partition coefficient (Wildman–Crippen LogP) is 7.81. The number of rotatable bonds is 10. The number of anilines is 2. The summed E-state index contributed by atoms with van der Waals surface area (Å²) in [5.41, 5.74) is 0.432. The standard InChI is InChI=1S/C79H98N6O26/c1-32-21-19-23-34(3)76(102)82-58-46(66(96)52-54(68(58)98)64(94)42(11)72-56(52)74(100)78(15,110-72)106-27-25-48(104-17)36(5)70(108-44(13)86)40(9)62(92)38(7)60(32)90)30-80-84-50(88)29-51(89)85-81-31-47-59-69(99)55-53(67(47)97)57-73(43(12)65(55)95)111-79(16,75(57)101)107-28-26-49(105-18)37(6)71(109-45(14)87)41(10)63(93)39(8)61(91)33(2)22-20-24-35(4)77(103)83-59/h19-28,30-33,36-41,48-49,60-63,70-71,90-99H,29H2,1-18H3,(H,82,102)(H,83,103)(H,84,88)(H,85,89)/b21-19-,22-20+,27-25-,28-26+,34-23+,35-24-,80-30+,81-31+/t32-,33-,36+,37+,38+,39+,40+,41+,48-,49-,60-,61-,62+,63+,70+,71+,78-,79-/m0/s1. The molecule has 10 rings (SSSR count). The normalized spacial score (nSPS) is 31.3. The molecule has 0 aliphatic carbocycles. The number of nitrogens with zero attached hydrogens (tertiary/aromatic N) is 2. The van der Waals surface area contributed by atoms with Crippen LogP contribution in [0.2, 0.25) is 0 Å². The van der Waals surface area contributed by atoms with E-state index in [4.69, 9.17) is 37.9 Å². The van der Waals surface area contributed by atoms with Crippen molar-refractivity contribution in [2.24, 2.45) is 57.5 Å². The number of carbonyl (C=O) groups is 8. The van der Waals surface area contributed by atoms with Gasteiger partial charge >= 0.3 is 23.5 Å². The molecule has 0 saturated carbocycles. The lowest BCUT2D eigenvalue weighted by Gasteiger charge is -2.38. The monoisotopic (exact) mass is 1550 g/mol. The number of ketones is 2. The topological polar surface area (TPSA) is 486 Å². The number of allylic oxidation sites excluding steroid dienone is 4. The van der Waals surface area contributed by atoms with E-state index < -0.39 is 251 Å². The second-order valence-electron chi connectivity index (χ2n) is 29.0. The third-order valence-electron chi connectivity index (χ3n) is 21.2. The molecule has 0 spiro atoms. The fraction of sp³-hybridized carbons (Fsp3) is 0.468. The van der Waals surface area contributed by atoms with Gasteiger partial charge in [-0.3, -0.25) is 38.4 Å². The molecule has 0 aromatic heterocycles. The average molecular weight is 1550 g/mol. The van der Waals surface area contributed by atoms with Crippen LogP contribution in [0.4, 0.5) is 11.4 Å². The number of aromatic hydroxyl groups is 6. The highest BCUT2D eigenvalue weighted by Gasteiger charge is 2.52. The molecule has 4 aromatic rings. The number of amides is 4. The first-order chi connectivity index (χ1) is 52.0. The second-order valence-corrected chi connectivity index (χ2v) is 29.0. The van der Waals surface area contributed by atoms with Crippen molar-refractivity contribution in [1.29, 1.82) is 0 Å². The summed E-state index contributed by atoms with van der Waals surface area (Å²) in [6.45, 7) is 23.4. The van der Waals surface area contributed by atoms with E-state index in [1.807, 2.05) is 0 Å². The van der Waals surface area contributed by atoms with Crippen molar-refractivity contribution in [3.63, 3.8) is 0 Å². The van der Waals surface area contributed by atoms with Gasteiger partial charge in [0.1, 0.15) is 53.1 Å². The Balaban J connectivity index is 1.15. The minimum atomic E-state index is -2.28. The van der Waals surface area contributed by atoms with Crippen LogP contribution in [-0.4, -0.2) is 185 Å². The van der Waals surface area contributed by atoms with E-state index in [9.17, 15) is 89.4 Å². The van der Waals surface area contributed by atoms with Crippen LogP contribution in [0.3, 0.4) is 0 Å². The molecule has 32 heteroatoms. The molecule has 0 radical (unpaired) electrons. The van der Waals surface area contributed by atoms with Crippen molar-refractivity contribution in [3.8, 4) is 46.0 Å². The Kier molecular flexibility index (Phi) is 26.7. The average Bonchev–Trinajstić information content (AvgIpc) is 1.62. The van der Waals surface area contributed by atoms with Crippen molar-refractivity contribution in [3.05, 3.63) is 106 Å². The summed E-state index contributed by atoms with van der Waals surface area (Å²) >= 11 is 0. The molecule has 6 aliphatic heterocycles. The number of ether oxygens (including phenoxy) is 8. The van der Waals surface area contributed by atoms with Crippen LogP contribution in [0.5, 0.6) is 46.0 Å². The van der Waals surface area contributed by atoms with Crippen LogP contribution in [0.25, 0.3) is 21.5 Å². The smallest absolute Gasteiger partial charge is 0.312 e. The number of aliphatic hydroxyl groups excluding tert-OH is 4. The number of hydrazone groups is 2. The van der Waals surface area contributed by atoms with Crippen LogP contribution < -0.4 is 31.0 Å². The number of carbonyl (C=O) groups excluding carboxylic acids is 8. The number of fused-ring (bicyclic) bond motifs is 28. The molecule has 10 bridgehead atoms. The number of benzene rings is 4. The molecule has 4 aromatic carbocycles. The van der Waals surface area contributed by atoms with Crippen LogP contribution >= 0.6 is 0 Å². The van der Waals surface area contributed by atoms with Crippen molar-refractivity contribution >= 4 is 92.5 Å². The van der Waals surface area contributed by atoms with Gasteiger partial charge in [-0.25, -0.2) is 10.9 Å². The van der Waals surface area contributed by atoms with Crippen LogP contribution in [-0.2, 0) is 57.2 Å². The fourth-order valence-electron chi connectivity index (χ4n) is 14.3. The maximum Gasteiger partial charge on any atom is 0.312 e. The zero-order chi connectivity index (χ0) is 82.6. The van der Waals surface area contributed by atoms with Crippen LogP contribution in [0.15, 0.2) is 82.5 Å². The number of hydrogen-bond acceptors (Lipinski definition) is 28. The highest BCUT2D eigenvalue weighted by atomic mass is 16.7. The summed E-state index contributed by atoms with van der Waals surface area (Å²) in [6.07, 6.45) is 5.13. The van der Waals surface area contributed by atoms with Crippen LogP contribution in [0, 0.1) is 61.2 Å². The molecule has 4 amide bonds. The van der Waals surface area contributed by atoms with Gasteiger partial charge in [0.2, 0.25) is 11.8 Å². The molecule has 111 heavy (non-hydrogen) atoms. The molecule has 6 aliphatic rings. The summed E-state index contributed by atoms with van der Waals surface area (Å²) in [6, 6.07) is 0. The van der Waals surface area contributed by atoms with E-state index in [1.54, 1.807) is 67.5 Å². The minimum Gasteiger partial charge on any atom is -0.507 e. The van der Waals surface area contributed by atoms with E-state index >= 15 is 0 Å². The summed E-state index contributed by atoms with van der Waals surface area (Å²) in [5.74, 6) is -24.0. The molecular weight excluding hydrogens is 1450 g/mol. The predicted molar refractivity (Wildman–Crippen MR) is 404 cm³/mol. The zero-order valence-electron chi connectivity index (χ0n) is 64.8. The second kappa shape index (κ2) is 34.6. The van der Waals surface area contributed by atoms with E-state index in [0.29, 0.717) is 0 Å². The van der Waals surface area contributed by atoms with E-state index in [0.717, 1.165) is 25.0 Å². The Labute approximate surface area is 639 Å². The van der Waals surface area contributed by atoms with Crippen LogP contribution in [0.1, 0.15) is 146 Å². The van der Waals surface area contributed by atoms with Gasteiger partial charge in [-0.1, -0.05) is 91.8 Å². The Hall–Kier alpha value is -10.9. The van der Waals surface area contributed by atoms with Gasteiger partial charge in [0.15, 0.2) is 11.5 Å². The summed E-state index contributed by atoms with van der Waals surface area (Å²) in [7, 11) is 2.72. The highest BCUT2D eigenvalue weighted by molar-refractivity contribution is 6.25. The zero-order valence-corrected chi connectivity index (χ0v) is 64.8. The molecule has 6 heterocycles. The molecule has 0 fully saturated rings. The molecule has 0 unspecified atom stereocenters. The first-order valence-corrected chi connectivity index (χ1v) is 35.8. The molecule has 600 valence electrons.